The number of nitrogens with zero attached hydrogens (tertiary/aromatic N) is 1. The topological polar surface area (TPSA) is 23.5 Å². The summed E-state index contributed by atoms with van der Waals surface area (Å²) in [7, 11) is 3.88. The van der Waals surface area contributed by atoms with Crippen LogP contribution in [0.3, 0.4) is 0 Å². The Labute approximate surface area is 113 Å². The highest BCUT2D eigenvalue weighted by Crippen LogP contribution is 2.42. The quantitative estimate of drug-likeness (QED) is 0.910. The lowest BCUT2D eigenvalue weighted by molar-refractivity contribution is -0.0337. The van der Waals surface area contributed by atoms with Crippen LogP contribution in [0.4, 0.5) is 8.78 Å². The van der Waals surface area contributed by atoms with E-state index in [0.29, 0.717) is 5.56 Å². The van der Waals surface area contributed by atoms with Gasteiger partial charge in [0.15, 0.2) is 11.6 Å². The van der Waals surface area contributed by atoms with Gasteiger partial charge in [-0.25, -0.2) is 8.78 Å². The minimum absolute atomic E-state index is 0.373. The summed E-state index contributed by atoms with van der Waals surface area (Å²) in [5.41, 5.74) is 0.0807. The summed E-state index contributed by atoms with van der Waals surface area (Å²) >= 11 is 0. The highest BCUT2D eigenvalue weighted by molar-refractivity contribution is 5.24. The number of hydrogen-bond donors (Lipinski definition) is 1. The molecule has 1 unspecified atom stereocenters. The Morgan fingerprint density at radius 3 is 2.26 bits per heavy atom. The summed E-state index contributed by atoms with van der Waals surface area (Å²) in [6.07, 6.45) is 4.23. The van der Waals surface area contributed by atoms with Crippen LogP contribution < -0.4 is 0 Å². The first-order valence-corrected chi connectivity index (χ1v) is 6.78. The van der Waals surface area contributed by atoms with Gasteiger partial charge in [-0.3, -0.25) is 0 Å². The van der Waals surface area contributed by atoms with Gasteiger partial charge in [-0.05, 0) is 44.6 Å². The summed E-state index contributed by atoms with van der Waals surface area (Å²) in [5.74, 6) is -1.78. The molecule has 0 aliphatic heterocycles. The van der Waals surface area contributed by atoms with Crippen LogP contribution in [0.25, 0.3) is 0 Å². The van der Waals surface area contributed by atoms with Crippen molar-refractivity contribution in [3.8, 4) is 0 Å². The van der Waals surface area contributed by atoms with Gasteiger partial charge in [0.25, 0.3) is 0 Å². The van der Waals surface area contributed by atoms with Crippen molar-refractivity contribution < 1.29 is 13.9 Å². The zero-order chi connectivity index (χ0) is 14.0. The van der Waals surface area contributed by atoms with E-state index < -0.39 is 17.7 Å². The largest absolute Gasteiger partial charge is 0.386 e. The van der Waals surface area contributed by atoms with Crippen molar-refractivity contribution in [2.24, 2.45) is 0 Å². The van der Waals surface area contributed by atoms with Crippen molar-refractivity contribution in [1.82, 2.24) is 4.90 Å². The predicted molar refractivity (Wildman–Crippen MR) is 70.8 cm³/mol. The number of hydrogen-bond acceptors (Lipinski definition) is 2. The summed E-state index contributed by atoms with van der Waals surface area (Å²) in [4.78, 5) is 2.03. The zero-order valence-corrected chi connectivity index (χ0v) is 11.5. The second-order valence-electron chi connectivity index (χ2n) is 5.63. The van der Waals surface area contributed by atoms with Crippen LogP contribution in [-0.2, 0) is 0 Å². The van der Waals surface area contributed by atoms with Gasteiger partial charge in [0.2, 0.25) is 0 Å². The standard InChI is InChI=1S/C15H21F2NO/c1-18(2)15(8-4-3-5-9-15)14(19)11-6-7-12(16)13(17)10-11/h6-7,10,14,19H,3-5,8-9H2,1-2H3. The van der Waals surface area contributed by atoms with Gasteiger partial charge >= 0.3 is 0 Å². The molecule has 0 radical (unpaired) electrons. The Balaban J connectivity index is 2.33. The highest BCUT2D eigenvalue weighted by atomic mass is 19.2. The van der Waals surface area contributed by atoms with Crippen molar-refractivity contribution in [3.63, 3.8) is 0 Å². The van der Waals surface area contributed by atoms with Crippen LogP contribution in [0.5, 0.6) is 0 Å². The number of benzene rings is 1. The summed E-state index contributed by atoms with van der Waals surface area (Å²) in [6.45, 7) is 0. The normalized spacial score (nSPS) is 20.5. The van der Waals surface area contributed by atoms with E-state index in [-0.39, 0.29) is 5.54 Å². The first-order valence-electron chi connectivity index (χ1n) is 6.78. The molecule has 1 atom stereocenters. The second-order valence-corrected chi connectivity index (χ2v) is 5.63. The predicted octanol–water partition coefficient (Wildman–Crippen LogP) is 3.26. The van der Waals surface area contributed by atoms with Crippen molar-refractivity contribution in [1.29, 1.82) is 0 Å². The monoisotopic (exact) mass is 269 g/mol. The van der Waals surface area contributed by atoms with E-state index >= 15 is 0 Å². The third-order valence-electron chi connectivity index (χ3n) is 4.38. The van der Waals surface area contributed by atoms with E-state index in [1.807, 2.05) is 19.0 Å². The molecule has 1 fully saturated rings. The van der Waals surface area contributed by atoms with Gasteiger partial charge < -0.3 is 10.0 Å². The van der Waals surface area contributed by atoms with Crippen molar-refractivity contribution in [2.75, 3.05) is 14.1 Å². The molecule has 4 heteroatoms. The van der Waals surface area contributed by atoms with Gasteiger partial charge in [0, 0.05) is 0 Å². The van der Waals surface area contributed by atoms with Crippen LogP contribution >= 0.6 is 0 Å². The average Bonchev–Trinajstić information content (AvgIpc) is 2.41. The van der Waals surface area contributed by atoms with Crippen LogP contribution in [0.2, 0.25) is 0 Å². The van der Waals surface area contributed by atoms with E-state index in [9.17, 15) is 13.9 Å². The van der Waals surface area contributed by atoms with Crippen molar-refractivity contribution in [2.45, 2.75) is 43.7 Å². The molecule has 2 nitrogen and oxygen atoms in total. The minimum Gasteiger partial charge on any atom is -0.386 e. The maximum Gasteiger partial charge on any atom is 0.159 e. The third kappa shape index (κ3) is 2.65. The van der Waals surface area contributed by atoms with E-state index in [0.717, 1.165) is 37.8 Å². The molecule has 0 bridgehead atoms. The Morgan fingerprint density at radius 1 is 1.11 bits per heavy atom. The summed E-state index contributed by atoms with van der Waals surface area (Å²) in [6, 6.07) is 3.67. The van der Waals surface area contributed by atoms with E-state index in [1.54, 1.807) is 0 Å². The fourth-order valence-electron chi connectivity index (χ4n) is 3.12. The SMILES string of the molecule is CN(C)C1(C(O)c2ccc(F)c(F)c2)CCCCC1. The molecule has 19 heavy (non-hydrogen) atoms. The van der Waals surface area contributed by atoms with Gasteiger partial charge in [-0.1, -0.05) is 25.3 Å². The minimum atomic E-state index is -0.902. The molecule has 0 spiro atoms. The zero-order valence-electron chi connectivity index (χ0n) is 11.5. The molecule has 0 aromatic heterocycles. The third-order valence-corrected chi connectivity index (χ3v) is 4.38. The second kappa shape index (κ2) is 5.55. The summed E-state index contributed by atoms with van der Waals surface area (Å²) in [5, 5.41) is 10.7. The summed E-state index contributed by atoms with van der Waals surface area (Å²) < 4.78 is 26.3. The fourth-order valence-corrected chi connectivity index (χ4v) is 3.12. The van der Waals surface area contributed by atoms with Crippen LogP contribution in [0, 0.1) is 11.6 Å². The molecule has 0 heterocycles. The molecule has 0 amide bonds. The molecule has 1 aliphatic carbocycles. The van der Waals surface area contributed by atoms with Crippen LogP contribution in [0.15, 0.2) is 18.2 Å². The highest BCUT2D eigenvalue weighted by Gasteiger charge is 2.41. The fraction of sp³-hybridized carbons (Fsp3) is 0.600. The lowest BCUT2D eigenvalue weighted by atomic mass is 9.74. The number of aliphatic hydroxyl groups is 1. The lowest BCUT2D eigenvalue weighted by Crippen LogP contribution is -2.50. The number of aliphatic hydroxyl groups excluding tert-OH is 1. The molecular weight excluding hydrogens is 248 g/mol. The van der Waals surface area contributed by atoms with Gasteiger partial charge in [0.05, 0.1) is 11.6 Å². The van der Waals surface area contributed by atoms with Crippen LogP contribution in [0.1, 0.15) is 43.8 Å². The molecule has 106 valence electrons. The lowest BCUT2D eigenvalue weighted by Gasteiger charge is -2.46. The molecular formula is C15H21F2NO. The molecule has 1 aromatic rings. The van der Waals surface area contributed by atoms with Gasteiger partial charge in [0.1, 0.15) is 0 Å². The molecule has 2 rings (SSSR count). The van der Waals surface area contributed by atoms with E-state index in [4.69, 9.17) is 0 Å². The average molecular weight is 269 g/mol. The first kappa shape index (κ1) is 14.4. The molecule has 0 saturated heterocycles. The molecule has 1 aromatic carbocycles. The van der Waals surface area contributed by atoms with Gasteiger partial charge in [-0.15, -0.1) is 0 Å². The van der Waals surface area contributed by atoms with Crippen molar-refractivity contribution in [3.05, 3.63) is 35.4 Å². The Kier molecular flexibility index (Phi) is 4.21. The Morgan fingerprint density at radius 2 is 1.74 bits per heavy atom. The molecule has 1 saturated carbocycles. The molecule has 1 aliphatic rings. The van der Waals surface area contributed by atoms with E-state index in [2.05, 4.69) is 0 Å². The number of halogens is 2. The molecule has 1 N–H and O–H groups in total. The smallest absolute Gasteiger partial charge is 0.159 e. The number of likely N-dealkylation sites (N-methyl/N-ethyl adjacent to an activating group) is 1. The van der Waals surface area contributed by atoms with Crippen molar-refractivity contribution >= 4 is 0 Å². The van der Waals surface area contributed by atoms with Gasteiger partial charge in [-0.2, -0.15) is 0 Å². The first-order chi connectivity index (χ1) is 8.97. The number of rotatable bonds is 3. The maximum absolute atomic E-state index is 13.3. The van der Waals surface area contributed by atoms with Crippen LogP contribution in [-0.4, -0.2) is 29.6 Å². The Hall–Kier alpha value is -1.00. The van der Waals surface area contributed by atoms with E-state index in [1.165, 1.54) is 12.5 Å². The maximum atomic E-state index is 13.3. The Bertz CT molecular complexity index is 442.